The lowest BCUT2D eigenvalue weighted by Gasteiger charge is -2.22. The Bertz CT molecular complexity index is 1580. The van der Waals surface area contributed by atoms with E-state index in [0.29, 0.717) is 17.6 Å². The number of pyridine rings is 1. The van der Waals surface area contributed by atoms with Crippen molar-refractivity contribution in [3.8, 4) is 34.6 Å². The van der Waals surface area contributed by atoms with Gasteiger partial charge < -0.3 is 19.3 Å². The van der Waals surface area contributed by atoms with Crippen molar-refractivity contribution in [3.05, 3.63) is 71.8 Å². The number of benzene rings is 2. The van der Waals surface area contributed by atoms with Gasteiger partial charge in [0.1, 0.15) is 45.9 Å². The molecule has 2 atom stereocenters. The number of halogens is 2. The van der Waals surface area contributed by atoms with E-state index >= 15 is 0 Å². The smallest absolute Gasteiger partial charge is 0.243 e. The molecule has 0 fully saturated rings. The summed E-state index contributed by atoms with van der Waals surface area (Å²) in [5.41, 5.74) is 0.146. The maximum Gasteiger partial charge on any atom is 0.243 e. The Kier molecular flexibility index (Phi) is 7.97. The summed E-state index contributed by atoms with van der Waals surface area (Å²) >= 11 is 0. The number of para-hydroxylation sites is 1. The van der Waals surface area contributed by atoms with Gasteiger partial charge in [-0.05, 0) is 31.2 Å². The predicted octanol–water partition coefficient (Wildman–Crippen LogP) is 3.50. The van der Waals surface area contributed by atoms with Crippen LogP contribution in [0.5, 0.6) is 17.4 Å². The van der Waals surface area contributed by atoms with Gasteiger partial charge in [0, 0.05) is 17.7 Å². The van der Waals surface area contributed by atoms with E-state index < -0.39 is 33.0 Å². The van der Waals surface area contributed by atoms with Gasteiger partial charge in [0.25, 0.3) is 0 Å². The molecule has 2 aromatic carbocycles. The maximum atomic E-state index is 14.3. The Balaban J connectivity index is 1.85. The normalized spacial score (nSPS) is 13.0. The minimum absolute atomic E-state index is 0.104. The zero-order valence-corrected chi connectivity index (χ0v) is 22.1. The summed E-state index contributed by atoms with van der Waals surface area (Å²) in [5.74, 6) is -1.29. The lowest BCUT2D eigenvalue weighted by molar-refractivity contribution is 0.171. The van der Waals surface area contributed by atoms with Crippen LogP contribution in [0.4, 0.5) is 14.7 Å². The van der Waals surface area contributed by atoms with Crippen molar-refractivity contribution in [2.24, 2.45) is 0 Å². The number of aliphatic hydroxyl groups excluding tert-OH is 1. The monoisotopic (exact) mass is 561 g/mol. The first-order chi connectivity index (χ1) is 18.6. The fraction of sp³-hybridized carbons (Fsp3) is 0.240. The van der Waals surface area contributed by atoms with Crippen LogP contribution in [0.25, 0.3) is 17.2 Å². The van der Waals surface area contributed by atoms with Crippen LogP contribution in [0.3, 0.4) is 0 Å². The van der Waals surface area contributed by atoms with Crippen molar-refractivity contribution in [2.45, 2.75) is 18.3 Å². The third-order valence-corrected chi connectivity index (χ3v) is 7.60. The number of nitrogens with zero attached hydrogens (tertiary/aromatic N) is 4. The molecule has 0 bridgehead atoms. The molecule has 0 spiro atoms. The molecule has 0 aliphatic carbocycles. The molecule has 0 radical (unpaired) electrons. The van der Waals surface area contributed by atoms with Crippen LogP contribution in [0.15, 0.2) is 54.6 Å². The van der Waals surface area contributed by atoms with Gasteiger partial charge in [0.15, 0.2) is 5.82 Å². The van der Waals surface area contributed by atoms with Gasteiger partial charge >= 0.3 is 0 Å². The SMILES string of the molecule is COc1cccc(-c2nnc(NS(=O)(=O)[C@@H](C)[C@H](O)c3ccc(F)cc3F)n2-c2c(OC)cccc2OC)n1. The van der Waals surface area contributed by atoms with Crippen molar-refractivity contribution < 1.29 is 36.5 Å². The number of ether oxygens (including phenoxy) is 3. The Morgan fingerprint density at radius 1 is 0.949 bits per heavy atom. The topological polar surface area (TPSA) is 138 Å². The van der Waals surface area contributed by atoms with Crippen molar-refractivity contribution in [1.82, 2.24) is 19.7 Å². The van der Waals surface area contributed by atoms with Crippen LogP contribution in [-0.4, -0.2) is 59.9 Å². The number of nitrogens with one attached hydrogen (secondary N) is 1. The van der Waals surface area contributed by atoms with Crippen molar-refractivity contribution in [1.29, 1.82) is 0 Å². The minimum atomic E-state index is -4.45. The van der Waals surface area contributed by atoms with E-state index in [1.165, 1.54) is 32.8 Å². The molecule has 2 N–H and O–H groups in total. The highest BCUT2D eigenvalue weighted by Crippen LogP contribution is 2.38. The summed E-state index contributed by atoms with van der Waals surface area (Å²) < 4.78 is 74.3. The molecule has 4 rings (SSSR count). The first kappa shape index (κ1) is 27.7. The Hall–Kier alpha value is -4.30. The molecule has 2 heterocycles. The van der Waals surface area contributed by atoms with Crippen LogP contribution in [0, 0.1) is 11.6 Å². The van der Waals surface area contributed by atoms with Crippen molar-refractivity contribution in [2.75, 3.05) is 26.1 Å². The zero-order chi connectivity index (χ0) is 28.3. The largest absolute Gasteiger partial charge is 0.494 e. The number of aliphatic hydroxyl groups is 1. The van der Waals surface area contributed by atoms with Crippen LogP contribution in [-0.2, 0) is 10.0 Å². The number of rotatable bonds is 10. The predicted molar refractivity (Wildman–Crippen MR) is 138 cm³/mol. The summed E-state index contributed by atoms with van der Waals surface area (Å²) in [5, 5.41) is 17.3. The van der Waals surface area contributed by atoms with E-state index in [-0.39, 0.29) is 34.6 Å². The zero-order valence-electron chi connectivity index (χ0n) is 21.3. The second kappa shape index (κ2) is 11.2. The molecule has 39 heavy (non-hydrogen) atoms. The van der Waals surface area contributed by atoms with Gasteiger partial charge in [-0.2, -0.15) is 0 Å². The fourth-order valence-electron chi connectivity index (χ4n) is 3.82. The number of sulfonamides is 1. The maximum absolute atomic E-state index is 14.3. The highest BCUT2D eigenvalue weighted by atomic mass is 32.2. The van der Waals surface area contributed by atoms with Crippen molar-refractivity contribution >= 4 is 16.0 Å². The summed E-state index contributed by atoms with van der Waals surface area (Å²) in [7, 11) is -0.164. The third-order valence-electron chi connectivity index (χ3n) is 5.90. The molecule has 0 saturated heterocycles. The summed E-state index contributed by atoms with van der Waals surface area (Å²) in [4.78, 5) is 4.37. The summed E-state index contributed by atoms with van der Waals surface area (Å²) in [6.07, 6.45) is -1.83. The number of hydrogen-bond donors (Lipinski definition) is 2. The van der Waals surface area contributed by atoms with Gasteiger partial charge in [-0.25, -0.2) is 22.2 Å². The molecule has 2 aromatic heterocycles. The average Bonchev–Trinajstić information content (AvgIpc) is 3.33. The summed E-state index contributed by atoms with van der Waals surface area (Å²) in [6, 6.07) is 12.3. The average molecular weight is 562 g/mol. The Labute approximate surface area is 223 Å². The molecule has 0 amide bonds. The highest BCUT2D eigenvalue weighted by molar-refractivity contribution is 7.93. The van der Waals surface area contributed by atoms with Gasteiger partial charge in [-0.3, -0.25) is 9.29 Å². The summed E-state index contributed by atoms with van der Waals surface area (Å²) in [6.45, 7) is 1.17. The number of methoxy groups -OCH3 is 3. The molecule has 4 aromatic rings. The van der Waals surface area contributed by atoms with Gasteiger partial charge in [-0.15, -0.1) is 10.2 Å². The van der Waals surface area contributed by atoms with E-state index in [2.05, 4.69) is 19.9 Å². The second-order valence-corrected chi connectivity index (χ2v) is 10.3. The molecule has 0 aliphatic rings. The lowest BCUT2D eigenvalue weighted by atomic mass is 10.1. The van der Waals surface area contributed by atoms with E-state index in [9.17, 15) is 22.3 Å². The van der Waals surface area contributed by atoms with Gasteiger partial charge in [-0.1, -0.05) is 18.2 Å². The van der Waals surface area contributed by atoms with E-state index in [4.69, 9.17) is 14.2 Å². The molecule has 206 valence electrons. The molecular formula is C25H25F2N5O6S. The lowest BCUT2D eigenvalue weighted by Crippen LogP contribution is -2.32. The van der Waals surface area contributed by atoms with Crippen LogP contribution in [0.2, 0.25) is 0 Å². The molecular weight excluding hydrogens is 536 g/mol. The molecule has 0 saturated carbocycles. The first-order valence-electron chi connectivity index (χ1n) is 11.4. The van der Waals surface area contributed by atoms with Gasteiger partial charge in [0.05, 0.1) is 21.3 Å². The standard InChI is InChI=1S/C25H25F2N5O6S/c1-14(23(33)16-12-11-15(26)13-17(16)27)39(34,35)31-25-30-29-24(18-7-5-10-21(28-18)38-4)32(25)22-19(36-2)8-6-9-20(22)37-3/h5-14,23,33H,1-4H3,(H,30,31)/t14-,23-/m0/s1. The van der Waals surface area contributed by atoms with Crippen LogP contribution < -0.4 is 18.9 Å². The molecule has 0 unspecified atom stereocenters. The molecule has 14 heteroatoms. The fourth-order valence-corrected chi connectivity index (χ4v) is 4.88. The Morgan fingerprint density at radius 2 is 1.62 bits per heavy atom. The third kappa shape index (κ3) is 5.47. The quantitative estimate of drug-likeness (QED) is 0.298. The molecule has 0 aliphatic heterocycles. The Morgan fingerprint density at radius 3 is 2.23 bits per heavy atom. The van der Waals surface area contributed by atoms with Crippen LogP contribution >= 0.6 is 0 Å². The highest BCUT2D eigenvalue weighted by Gasteiger charge is 2.34. The van der Waals surface area contributed by atoms with Crippen molar-refractivity contribution in [3.63, 3.8) is 0 Å². The van der Waals surface area contributed by atoms with Crippen LogP contribution in [0.1, 0.15) is 18.6 Å². The van der Waals surface area contributed by atoms with Gasteiger partial charge in [0.2, 0.25) is 21.9 Å². The minimum Gasteiger partial charge on any atom is -0.494 e. The number of hydrogen-bond acceptors (Lipinski definition) is 9. The molecule has 11 nitrogen and oxygen atoms in total. The number of aromatic nitrogens is 4. The first-order valence-corrected chi connectivity index (χ1v) is 13.0. The number of anilines is 1. The van der Waals surface area contributed by atoms with E-state index in [1.54, 1.807) is 36.4 Å². The van der Waals surface area contributed by atoms with E-state index in [1.807, 2.05) is 0 Å². The van der Waals surface area contributed by atoms with E-state index in [0.717, 1.165) is 12.1 Å². The second-order valence-electron chi connectivity index (χ2n) is 8.22.